The number of rotatable bonds is 8. The molecule has 2 aromatic carbocycles. The van der Waals surface area contributed by atoms with Crippen molar-refractivity contribution in [1.29, 1.82) is 0 Å². The molecular formula is C25H29ClN2O5. The average Bonchev–Trinajstić information content (AvgIpc) is 2.77. The molecule has 0 bridgehead atoms. The normalized spacial score (nSPS) is 15.9. The van der Waals surface area contributed by atoms with Crippen LogP contribution in [0.3, 0.4) is 0 Å². The number of allylic oxidation sites excluding steroid dienone is 1. The summed E-state index contributed by atoms with van der Waals surface area (Å²) < 4.78 is 17.0. The van der Waals surface area contributed by atoms with E-state index in [0.717, 1.165) is 5.56 Å². The Hall–Kier alpha value is -3.19. The van der Waals surface area contributed by atoms with Crippen LogP contribution in [0, 0.1) is 5.92 Å². The first kappa shape index (κ1) is 24.5. The molecule has 2 aromatic rings. The fourth-order valence-corrected chi connectivity index (χ4v) is 3.74. The number of carbonyl (C=O) groups excluding carboxylic acids is 2. The first-order valence-electron chi connectivity index (χ1n) is 10.8. The lowest BCUT2D eigenvalue weighted by Crippen LogP contribution is -2.47. The maximum absolute atomic E-state index is 13.0. The van der Waals surface area contributed by atoms with Crippen molar-refractivity contribution in [2.24, 2.45) is 5.92 Å². The number of benzene rings is 2. The molecular weight excluding hydrogens is 444 g/mol. The maximum Gasteiger partial charge on any atom is 0.338 e. The van der Waals surface area contributed by atoms with Crippen LogP contribution in [0.5, 0.6) is 11.5 Å². The molecule has 1 heterocycles. The molecule has 0 radical (unpaired) electrons. The Kier molecular flexibility index (Phi) is 7.87. The van der Waals surface area contributed by atoms with Crippen LogP contribution < -0.4 is 20.1 Å². The second-order valence-corrected chi connectivity index (χ2v) is 8.67. The predicted octanol–water partition coefficient (Wildman–Crippen LogP) is 5.14. The van der Waals surface area contributed by atoms with Crippen molar-refractivity contribution in [3.8, 4) is 11.5 Å². The first-order valence-corrected chi connectivity index (χ1v) is 11.2. The number of amides is 2. The zero-order valence-electron chi connectivity index (χ0n) is 19.4. The number of carbonyl (C=O) groups is 2. The molecule has 0 saturated heterocycles. The molecule has 0 saturated carbocycles. The summed E-state index contributed by atoms with van der Waals surface area (Å²) in [6.45, 7) is 7.61. The highest BCUT2D eigenvalue weighted by atomic mass is 35.5. The summed E-state index contributed by atoms with van der Waals surface area (Å²) in [5.41, 5.74) is 2.38. The third kappa shape index (κ3) is 5.79. The van der Waals surface area contributed by atoms with E-state index in [0.29, 0.717) is 33.4 Å². The van der Waals surface area contributed by atoms with Crippen molar-refractivity contribution in [3.63, 3.8) is 0 Å². The number of nitrogens with one attached hydrogen (secondary N) is 2. The first-order chi connectivity index (χ1) is 15.7. The Morgan fingerprint density at radius 2 is 1.82 bits per heavy atom. The van der Waals surface area contributed by atoms with E-state index in [9.17, 15) is 9.59 Å². The summed E-state index contributed by atoms with van der Waals surface area (Å²) in [4.78, 5) is 25.5. The molecule has 1 aliphatic heterocycles. The third-order valence-electron chi connectivity index (χ3n) is 5.10. The molecule has 0 aromatic heterocycles. The highest BCUT2D eigenvalue weighted by Crippen LogP contribution is 2.36. The van der Waals surface area contributed by atoms with E-state index in [1.165, 1.54) is 0 Å². The number of methoxy groups -OCH3 is 1. The lowest BCUT2D eigenvalue weighted by atomic mass is 9.91. The smallest absolute Gasteiger partial charge is 0.338 e. The van der Waals surface area contributed by atoms with Gasteiger partial charge in [0, 0.05) is 16.3 Å². The van der Waals surface area contributed by atoms with Crippen LogP contribution in [0.4, 0.5) is 4.79 Å². The number of hydrogen-bond acceptors (Lipinski definition) is 5. The number of esters is 1. The van der Waals surface area contributed by atoms with Gasteiger partial charge in [0.2, 0.25) is 0 Å². The average molecular weight is 473 g/mol. The molecule has 176 valence electrons. The zero-order valence-corrected chi connectivity index (χ0v) is 20.2. The molecule has 2 amide bonds. The van der Waals surface area contributed by atoms with Gasteiger partial charge in [0.05, 0.1) is 24.8 Å². The second kappa shape index (κ2) is 10.6. The van der Waals surface area contributed by atoms with Crippen LogP contribution in [0.1, 0.15) is 44.9 Å². The minimum absolute atomic E-state index is 0.0950. The minimum atomic E-state index is -0.712. The van der Waals surface area contributed by atoms with Crippen LogP contribution in [-0.4, -0.2) is 25.2 Å². The van der Waals surface area contributed by atoms with E-state index < -0.39 is 12.0 Å². The Morgan fingerprint density at radius 3 is 2.45 bits per heavy atom. The monoisotopic (exact) mass is 472 g/mol. The predicted molar refractivity (Wildman–Crippen MR) is 126 cm³/mol. The van der Waals surface area contributed by atoms with Gasteiger partial charge in [-0.25, -0.2) is 9.59 Å². The van der Waals surface area contributed by atoms with Crippen LogP contribution >= 0.6 is 11.6 Å². The third-order valence-corrected chi connectivity index (χ3v) is 5.47. The highest BCUT2D eigenvalue weighted by molar-refractivity contribution is 6.31. The van der Waals surface area contributed by atoms with Crippen molar-refractivity contribution in [2.45, 2.75) is 46.4 Å². The molecule has 0 spiro atoms. The van der Waals surface area contributed by atoms with Crippen LogP contribution in [0.15, 0.2) is 53.7 Å². The molecule has 1 atom stereocenters. The van der Waals surface area contributed by atoms with Gasteiger partial charge in [-0.05, 0) is 43.5 Å². The van der Waals surface area contributed by atoms with Gasteiger partial charge < -0.3 is 24.8 Å². The number of ether oxygens (including phenoxy) is 3. The van der Waals surface area contributed by atoms with Crippen molar-refractivity contribution in [1.82, 2.24) is 10.6 Å². The van der Waals surface area contributed by atoms with E-state index in [1.807, 2.05) is 32.0 Å². The van der Waals surface area contributed by atoms with E-state index in [-0.39, 0.29) is 24.7 Å². The maximum atomic E-state index is 13.0. The largest absolute Gasteiger partial charge is 0.493 e. The summed E-state index contributed by atoms with van der Waals surface area (Å²) >= 11 is 6.25. The molecule has 0 fully saturated rings. The molecule has 1 unspecified atom stereocenters. The zero-order chi connectivity index (χ0) is 24.1. The fraction of sp³-hybridized carbons (Fsp3) is 0.360. The molecule has 0 aliphatic carbocycles. The van der Waals surface area contributed by atoms with E-state index in [4.69, 9.17) is 25.8 Å². The fourth-order valence-electron chi connectivity index (χ4n) is 3.55. The van der Waals surface area contributed by atoms with Gasteiger partial charge in [-0.1, -0.05) is 49.7 Å². The van der Waals surface area contributed by atoms with Crippen LogP contribution in [0.2, 0.25) is 5.02 Å². The number of halogens is 1. The van der Waals surface area contributed by atoms with Gasteiger partial charge in [-0.3, -0.25) is 0 Å². The van der Waals surface area contributed by atoms with Gasteiger partial charge in [-0.2, -0.15) is 0 Å². The van der Waals surface area contributed by atoms with Crippen molar-refractivity contribution in [2.75, 3.05) is 7.11 Å². The Balaban J connectivity index is 2.01. The summed E-state index contributed by atoms with van der Waals surface area (Å²) in [5.74, 6) is 0.402. The van der Waals surface area contributed by atoms with E-state index in [2.05, 4.69) is 10.6 Å². The van der Waals surface area contributed by atoms with Crippen molar-refractivity contribution < 1.29 is 23.8 Å². The topological polar surface area (TPSA) is 85.9 Å². The standard InChI is InChI=1S/C25H29ClN2O5/c1-14(2)22-21(24(29)33-15(3)4)23(28-25(30)27-22)16-10-11-19(31-5)20(12-16)32-13-17-8-6-7-9-18(17)26/h6-12,14-15,23H,13H2,1-5H3,(H2,27,28,30). The Morgan fingerprint density at radius 1 is 1.09 bits per heavy atom. The number of hydrogen-bond donors (Lipinski definition) is 2. The Labute approximate surface area is 199 Å². The van der Waals surface area contributed by atoms with E-state index in [1.54, 1.807) is 45.2 Å². The summed E-state index contributed by atoms with van der Waals surface area (Å²) in [5, 5.41) is 6.21. The molecule has 1 aliphatic rings. The van der Waals surface area contributed by atoms with Gasteiger partial charge >= 0.3 is 12.0 Å². The Bertz CT molecular complexity index is 1060. The van der Waals surface area contributed by atoms with Crippen LogP contribution in [0.25, 0.3) is 0 Å². The van der Waals surface area contributed by atoms with Gasteiger partial charge in [0.25, 0.3) is 0 Å². The van der Waals surface area contributed by atoms with Gasteiger partial charge in [0.15, 0.2) is 11.5 Å². The van der Waals surface area contributed by atoms with Gasteiger partial charge in [-0.15, -0.1) is 0 Å². The van der Waals surface area contributed by atoms with Gasteiger partial charge in [0.1, 0.15) is 6.61 Å². The summed E-state index contributed by atoms with van der Waals surface area (Å²) in [6.07, 6.45) is -0.304. The summed E-state index contributed by atoms with van der Waals surface area (Å²) in [7, 11) is 1.55. The number of urea groups is 1. The quantitative estimate of drug-likeness (QED) is 0.519. The van der Waals surface area contributed by atoms with Crippen molar-refractivity contribution in [3.05, 3.63) is 69.9 Å². The lowest BCUT2D eigenvalue weighted by molar-refractivity contribution is -0.143. The summed E-state index contributed by atoms with van der Waals surface area (Å²) in [6, 6.07) is 11.6. The molecule has 3 rings (SSSR count). The second-order valence-electron chi connectivity index (χ2n) is 8.26. The molecule has 33 heavy (non-hydrogen) atoms. The lowest BCUT2D eigenvalue weighted by Gasteiger charge is -2.31. The molecule has 7 nitrogen and oxygen atoms in total. The van der Waals surface area contributed by atoms with Crippen molar-refractivity contribution >= 4 is 23.6 Å². The molecule has 2 N–H and O–H groups in total. The van der Waals surface area contributed by atoms with E-state index >= 15 is 0 Å². The minimum Gasteiger partial charge on any atom is -0.493 e. The SMILES string of the molecule is COc1ccc(C2NC(=O)NC(C(C)C)=C2C(=O)OC(C)C)cc1OCc1ccccc1Cl. The van der Waals surface area contributed by atoms with Crippen LogP contribution in [-0.2, 0) is 16.1 Å². The highest BCUT2D eigenvalue weighted by Gasteiger charge is 2.35. The molecule has 8 heteroatoms.